The van der Waals surface area contributed by atoms with E-state index in [0.717, 1.165) is 11.3 Å². The highest BCUT2D eigenvalue weighted by atomic mass is 16.5. The number of para-hydroxylation sites is 1. The van der Waals surface area contributed by atoms with Crippen LogP contribution in [0.3, 0.4) is 0 Å². The van der Waals surface area contributed by atoms with E-state index in [0.29, 0.717) is 25.9 Å². The molecule has 0 saturated carbocycles. The largest absolute Gasteiger partial charge is 0.466 e. The van der Waals surface area contributed by atoms with Crippen LogP contribution in [-0.2, 0) is 16.0 Å². The van der Waals surface area contributed by atoms with Crippen molar-refractivity contribution in [1.29, 1.82) is 0 Å². The fourth-order valence-corrected chi connectivity index (χ4v) is 2.13. The van der Waals surface area contributed by atoms with Crippen LogP contribution in [0.5, 0.6) is 0 Å². The molecule has 0 saturated heterocycles. The Morgan fingerprint density at radius 3 is 2.86 bits per heavy atom. The highest BCUT2D eigenvalue weighted by molar-refractivity contribution is 5.69. The van der Waals surface area contributed by atoms with Gasteiger partial charge in [0.05, 0.1) is 18.5 Å². The predicted molar refractivity (Wildman–Crippen MR) is 81.1 cm³/mol. The van der Waals surface area contributed by atoms with Crippen LogP contribution in [-0.4, -0.2) is 28.4 Å². The van der Waals surface area contributed by atoms with Crippen LogP contribution in [0.15, 0.2) is 42.7 Å². The Morgan fingerprint density at radius 1 is 1.38 bits per heavy atom. The average Bonchev–Trinajstić information content (AvgIpc) is 2.95. The number of nitrogens with two attached hydrogens (primary N) is 1. The van der Waals surface area contributed by atoms with Gasteiger partial charge in [-0.25, -0.2) is 4.68 Å². The third-order valence-electron chi connectivity index (χ3n) is 3.18. The molecule has 2 rings (SSSR count). The lowest BCUT2D eigenvalue weighted by atomic mass is 10.1. The lowest BCUT2D eigenvalue weighted by Crippen LogP contribution is -2.24. The first-order valence-corrected chi connectivity index (χ1v) is 7.19. The quantitative estimate of drug-likeness (QED) is 0.792. The van der Waals surface area contributed by atoms with Crippen molar-refractivity contribution >= 4 is 5.97 Å². The van der Waals surface area contributed by atoms with Gasteiger partial charge in [0, 0.05) is 18.7 Å². The van der Waals surface area contributed by atoms with Crippen molar-refractivity contribution in [2.75, 3.05) is 6.61 Å². The Balaban J connectivity index is 1.86. The number of carbonyl (C=O) groups is 1. The van der Waals surface area contributed by atoms with E-state index in [-0.39, 0.29) is 12.0 Å². The molecule has 0 bridgehead atoms. The van der Waals surface area contributed by atoms with Gasteiger partial charge in [0.15, 0.2) is 0 Å². The van der Waals surface area contributed by atoms with E-state index in [1.165, 1.54) is 0 Å². The minimum Gasteiger partial charge on any atom is -0.466 e. The molecule has 5 nitrogen and oxygen atoms in total. The van der Waals surface area contributed by atoms with Gasteiger partial charge in [-0.15, -0.1) is 0 Å². The summed E-state index contributed by atoms with van der Waals surface area (Å²) in [6, 6.07) is 9.85. The molecule has 21 heavy (non-hydrogen) atoms. The van der Waals surface area contributed by atoms with E-state index in [4.69, 9.17) is 10.5 Å². The zero-order valence-electron chi connectivity index (χ0n) is 12.2. The second-order valence-corrected chi connectivity index (χ2v) is 4.94. The van der Waals surface area contributed by atoms with Crippen molar-refractivity contribution in [3.8, 4) is 5.69 Å². The summed E-state index contributed by atoms with van der Waals surface area (Å²) in [4.78, 5) is 11.3. The number of hydrogen-bond acceptors (Lipinski definition) is 4. The van der Waals surface area contributed by atoms with Gasteiger partial charge in [-0.05, 0) is 37.5 Å². The first-order chi connectivity index (χ1) is 10.2. The monoisotopic (exact) mass is 287 g/mol. The molecule has 2 N–H and O–H groups in total. The minimum absolute atomic E-state index is 0.0668. The topological polar surface area (TPSA) is 70.1 Å². The molecule has 1 unspecified atom stereocenters. The Bertz CT molecular complexity index is 566. The third-order valence-corrected chi connectivity index (χ3v) is 3.18. The summed E-state index contributed by atoms with van der Waals surface area (Å²) in [5.41, 5.74) is 8.14. The summed E-state index contributed by atoms with van der Waals surface area (Å²) in [5, 5.41) is 4.33. The van der Waals surface area contributed by atoms with E-state index in [1.807, 2.05) is 47.4 Å². The Morgan fingerprint density at radius 2 is 2.14 bits per heavy atom. The number of hydrogen-bond donors (Lipinski definition) is 1. The standard InChI is InChI=1S/C16H21N3O2/c1-2-21-16(20)9-8-14(17)10-13-11-18-19(12-13)15-6-4-3-5-7-15/h3-7,11-12,14H,2,8-10,17H2,1H3. The summed E-state index contributed by atoms with van der Waals surface area (Å²) in [5.74, 6) is -0.187. The maximum absolute atomic E-state index is 11.3. The van der Waals surface area contributed by atoms with Crippen molar-refractivity contribution in [1.82, 2.24) is 9.78 Å². The zero-order chi connectivity index (χ0) is 15.1. The molecule has 1 aromatic carbocycles. The van der Waals surface area contributed by atoms with Gasteiger partial charge in [-0.1, -0.05) is 18.2 Å². The molecule has 0 aliphatic carbocycles. The van der Waals surface area contributed by atoms with Crippen molar-refractivity contribution in [2.24, 2.45) is 5.73 Å². The number of ether oxygens (including phenoxy) is 1. The molecule has 0 spiro atoms. The maximum atomic E-state index is 11.3. The molecule has 1 aromatic heterocycles. The Kier molecular flexibility index (Phi) is 5.51. The van der Waals surface area contributed by atoms with Crippen LogP contribution in [0.1, 0.15) is 25.3 Å². The van der Waals surface area contributed by atoms with Gasteiger partial charge < -0.3 is 10.5 Å². The molecular formula is C16H21N3O2. The molecule has 0 aliphatic heterocycles. The first kappa shape index (κ1) is 15.3. The highest BCUT2D eigenvalue weighted by Crippen LogP contribution is 2.10. The first-order valence-electron chi connectivity index (χ1n) is 7.19. The summed E-state index contributed by atoms with van der Waals surface area (Å²) in [6.45, 7) is 2.22. The van der Waals surface area contributed by atoms with E-state index in [1.54, 1.807) is 6.92 Å². The Hall–Kier alpha value is -2.14. The van der Waals surface area contributed by atoms with E-state index >= 15 is 0 Å². The number of esters is 1. The summed E-state index contributed by atoms with van der Waals surface area (Å²) in [6.07, 6.45) is 5.47. The number of nitrogens with zero attached hydrogens (tertiary/aromatic N) is 2. The van der Waals surface area contributed by atoms with E-state index in [9.17, 15) is 4.79 Å². The lowest BCUT2D eigenvalue weighted by molar-refractivity contribution is -0.143. The van der Waals surface area contributed by atoms with Gasteiger partial charge >= 0.3 is 5.97 Å². The number of benzene rings is 1. The molecule has 0 fully saturated rings. The second-order valence-electron chi connectivity index (χ2n) is 4.94. The van der Waals surface area contributed by atoms with Crippen LogP contribution in [0.25, 0.3) is 5.69 Å². The second kappa shape index (κ2) is 7.59. The van der Waals surface area contributed by atoms with Gasteiger partial charge in [-0.3, -0.25) is 4.79 Å². The average molecular weight is 287 g/mol. The van der Waals surface area contributed by atoms with Crippen molar-refractivity contribution in [2.45, 2.75) is 32.2 Å². The van der Waals surface area contributed by atoms with Crippen molar-refractivity contribution in [3.05, 3.63) is 48.3 Å². The molecule has 2 aromatic rings. The third kappa shape index (κ3) is 4.72. The van der Waals surface area contributed by atoms with Crippen LogP contribution in [0.4, 0.5) is 0 Å². The van der Waals surface area contributed by atoms with Crippen LogP contribution in [0.2, 0.25) is 0 Å². The van der Waals surface area contributed by atoms with Crippen LogP contribution >= 0.6 is 0 Å². The highest BCUT2D eigenvalue weighted by Gasteiger charge is 2.10. The van der Waals surface area contributed by atoms with Gasteiger partial charge in [0.2, 0.25) is 0 Å². The van der Waals surface area contributed by atoms with E-state index < -0.39 is 0 Å². The minimum atomic E-state index is -0.187. The summed E-state index contributed by atoms with van der Waals surface area (Å²) < 4.78 is 6.72. The number of carbonyl (C=O) groups excluding carboxylic acids is 1. The molecule has 0 radical (unpaired) electrons. The summed E-state index contributed by atoms with van der Waals surface area (Å²) in [7, 11) is 0. The van der Waals surface area contributed by atoms with E-state index in [2.05, 4.69) is 5.10 Å². The summed E-state index contributed by atoms with van der Waals surface area (Å²) >= 11 is 0. The maximum Gasteiger partial charge on any atom is 0.305 e. The Labute approximate surface area is 124 Å². The molecule has 112 valence electrons. The molecule has 0 amide bonds. The molecule has 0 aliphatic rings. The molecule has 1 heterocycles. The van der Waals surface area contributed by atoms with Gasteiger partial charge in [0.25, 0.3) is 0 Å². The van der Waals surface area contributed by atoms with Crippen LogP contribution in [0, 0.1) is 0 Å². The number of rotatable bonds is 7. The lowest BCUT2D eigenvalue weighted by Gasteiger charge is -2.09. The smallest absolute Gasteiger partial charge is 0.305 e. The molecule has 1 atom stereocenters. The van der Waals surface area contributed by atoms with Crippen molar-refractivity contribution in [3.63, 3.8) is 0 Å². The number of aromatic nitrogens is 2. The molecule has 5 heteroatoms. The van der Waals surface area contributed by atoms with Crippen LogP contribution < -0.4 is 5.73 Å². The fourth-order valence-electron chi connectivity index (χ4n) is 2.13. The van der Waals surface area contributed by atoms with Gasteiger partial charge in [-0.2, -0.15) is 5.10 Å². The zero-order valence-corrected chi connectivity index (χ0v) is 12.2. The normalized spacial score (nSPS) is 12.1. The fraction of sp³-hybridized carbons (Fsp3) is 0.375. The molecular weight excluding hydrogens is 266 g/mol. The SMILES string of the molecule is CCOC(=O)CCC(N)Cc1cnn(-c2ccccc2)c1. The van der Waals surface area contributed by atoms with Gasteiger partial charge in [0.1, 0.15) is 0 Å². The predicted octanol–water partition coefficient (Wildman–Crippen LogP) is 2.09. The van der Waals surface area contributed by atoms with Crippen molar-refractivity contribution < 1.29 is 9.53 Å².